The van der Waals surface area contributed by atoms with Gasteiger partial charge in [-0.1, -0.05) is 36.5 Å². The number of amides is 1. The standard InChI is InChI=1S/C15H20Cl2N2O/c1-10-4-2-3-5-13(10)18-9-15(20)19-14-8-11(16)6-7-12(14)17/h6-8,10,13,18H,2-5,9H2,1H3,(H,19,20)/p+1/t10-,13-/m0/s1. The fourth-order valence-electron chi connectivity index (χ4n) is 2.75. The van der Waals surface area contributed by atoms with Gasteiger partial charge in [-0.25, -0.2) is 0 Å². The smallest absolute Gasteiger partial charge is 0.279 e. The maximum absolute atomic E-state index is 12.0. The summed E-state index contributed by atoms with van der Waals surface area (Å²) in [5.41, 5.74) is 0.578. The summed E-state index contributed by atoms with van der Waals surface area (Å²) in [6, 6.07) is 5.62. The van der Waals surface area contributed by atoms with E-state index in [2.05, 4.69) is 17.6 Å². The lowest BCUT2D eigenvalue weighted by molar-refractivity contribution is -0.687. The van der Waals surface area contributed by atoms with E-state index in [9.17, 15) is 4.79 Å². The van der Waals surface area contributed by atoms with Crippen molar-refractivity contribution >= 4 is 34.8 Å². The van der Waals surface area contributed by atoms with Crippen molar-refractivity contribution in [3.05, 3.63) is 28.2 Å². The average Bonchev–Trinajstić information content (AvgIpc) is 2.42. The van der Waals surface area contributed by atoms with Gasteiger partial charge in [0.25, 0.3) is 5.91 Å². The zero-order valence-corrected chi connectivity index (χ0v) is 13.2. The first-order chi connectivity index (χ1) is 9.56. The highest BCUT2D eigenvalue weighted by Crippen LogP contribution is 2.25. The van der Waals surface area contributed by atoms with E-state index in [1.54, 1.807) is 18.2 Å². The molecule has 110 valence electrons. The maximum Gasteiger partial charge on any atom is 0.279 e. The van der Waals surface area contributed by atoms with Crippen molar-refractivity contribution in [1.29, 1.82) is 0 Å². The number of hydrogen-bond donors (Lipinski definition) is 2. The van der Waals surface area contributed by atoms with Gasteiger partial charge in [0.15, 0.2) is 6.54 Å². The first-order valence-corrected chi connectivity index (χ1v) is 7.90. The monoisotopic (exact) mass is 315 g/mol. The van der Waals surface area contributed by atoms with Crippen LogP contribution >= 0.6 is 23.2 Å². The Balaban J connectivity index is 1.84. The number of carbonyl (C=O) groups is 1. The number of nitrogens with two attached hydrogens (primary N) is 1. The zero-order chi connectivity index (χ0) is 14.5. The van der Waals surface area contributed by atoms with Crippen molar-refractivity contribution in [3.63, 3.8) is 0 Å². The number of hydrogen-bond acceptors (Lipinski definition) is 1. The minimum Gasteiger partial charge on any atom is -0.336 e. The number of carbonyl (C=O) groups excluding carboxylic acids is 1. The van der Waals surface area contributed by atoms with E-state index in [1.165, 1.54) is 25.7 Å². The predicted octanol–water partition coefficient (Wildman–Crippen LogP) is 3.07. The van der Waals surface area contributed by atoms with Crippen LogP contribution in [0.2, 0.25) is 10.0 Å². The van der Waals surface area contributed by atoms with Gasteiger partial charge in [0.1, 0.15) is 0 Å². The van der Waals surface area contributed by atoms with Crippen LogP contribution in [0, 0.1) is 5.92 Å². The summed E-state index contributed by atoms with van der Waals surface area (Å²) >= 11 is 11.9. The van der Waals surface area contributed by atoms with Crippen LogP contribution in [0.1, 0.15) is 32.6 Å². The molecule has 3 nitrogen and oxygen atoms in total. The second-order valence-electron chi connectivity index (χ2n) is 5.54. The third kappa shape index (κ3) is 4.37. The van der Waals surface area contributed by atoms with Crippen molar-refractivity contribution in [1.82, 2.24) is 0 Å². The highest BCUT2D eigenvalue weighted by Gasteiger charge is 2.24. The van der Waals surface area contributed by atoms with Gasteiger partial charge in [-0.05, 0) is 37.5 Å². The summed E-state index contributed by atoms with van der Waals surface area (Å²) in [5, 5.41) is 6.04. The number of halogens is 2. The largest absolute Gasteiger partial charge is 0.336 e. The Morgan fingerprint density at radius 3 is 2.85 bits per heavy atom. The molecule has 1 saturated carbocycles. The second kappa shape index (κ2) is 7.30. The predicted molar refractivity (Wildman–Crippen MR) is 83.3 cm³/mol. The van der Waals surface area contributed by atoms with Crippen molar-refractivity contribution in [3.8, 4) is 0 Å². The lowest BCUT2D eigenvalue weighted by atomic mass is 9.86. The first kappa shape index (κ1) is 15.6. The molecule has 1 amide bonds. The molecule has 0 radical (unpaired) electrons. The second-order valence-corrected chi connectivity index (χ2v) is 6.38. The minimum absolute atomic E-state index is 0.0352. The fraction of sp³-hybridized carbons (Fsp3) is 0.533. The number of quaternary nitrogens is 1. The molecule has 1 aromatic rings. The van der Waals surface area contributed by atoms with Crippen LogP contribution in [0.25, 0.3) is 0 Å². The Kier molecular flexibility index (Phi) is 5.70. The average molecular weight is 316 g/mol. The van der Waals surface area contributed by atoms with E-state index in [1.807, 2.05) is 0 Å². The summed E-state index contributed by atoms with van der Waals surface area (Å²) in [7, 11) is 0. The van der Waals surface area contributed by atoms with Gasteiger partial charge in [0.05, 0.1) is 16.8 Å². The topological polar surface area (TPSA) is 45.7 Å². The number of anilines is 1. The molecular formula is C15H21Cl2N2O+. The molecule has 0 spiro atoms. The summed E-state index contributed by atoms with van der Waals surface area (Å²) in [4.78, 5) is 12.0. The van der Waals surface area contributed by atoms with Gasteiger partial charge >= 0.3 is 0 Å². The van der Waals surface area contributed by atoms with Crippen molar-refractivity contribution in [2.24, 2.45) is 5.92 Å². The summed E-state index contributed by atoms with van der Waals surface area (Å²) in [5.74, 6) is 0.651. The lowest BCUT2D eigenvalue weighted by Crippen LogP contribution is -2.93. The third-order valence-corrected chi connectivity index (χ3v) is 4.55. The highest BCUT2D eigenvalue weighted by atomic mass is 35.5. The molecule has 2 atom stereocenters. The Morgan fingerprint density at radius 1 is 1.35 bits per heavy atom. The molecule has 0 aromatic heterocycles. The molecule has 1 aromatic carbocycles. The van der Waals surface area contributed by atoms with Gasteiger partial charge in [-0.3, -0.25) is 4.79 Å². The molecule has 0 bridgehead atoms. The quantitative estimate of drug-likeness (QED) is 0.881. The van der Waals surface area contributed by atoms with Crippen LogP contribution in [0.4, 0.5) is 5.69 Å². The first-order valence-electron chi connectivity index (χ1n) is 7.14. The summed E-state index contributed by atoms with van der Waals surface area (Å²) in [6.07, 6.45) is 5.05. The molecule has 1 aliphatic rings. The van der Waals surface area contributed by atoms with Crippen LogP contribution < -0.4 is 10.6 Å². The summed E-state index contributed by atoms with van der Waals surface area (Å²) < 4.78 is 0. The Labute approximate surface area is 130 Å². The Bertz CT molecular complexity index is 479. The number of nitrogens with one attached hydrogen (secondary N) is 1. The van der Waals surface area contributed by atoms with E-state index in [0.717, 1.165) is 0 Å². The van der Waals surface area contributed by atoms with Crippen molar-refractivity contribution in [2.45, 2.75) is 38.6 Å². The van der Waals surface area contributed by atoms with Gasteiger partial charge < -0.3 is 10.6 Å². The van der Waals surface area contributed by atoms with E-state index in [0.29, 0.717) is 34.2 Å². The van der Waals surface area contributed by atoms with Gasteiger partial charge in [-0.15, -0.1) is 0 Å². The van der Waals surface area contributed by atoms with Crippen molar-refractivity contribution < 1.29 is 10.1 Å². The van der Waals surface area contributed by atoms with E-state index >= 15 is 0 Å². The number of rotatable bonds is 4. The van der Waals surface area contributed by atoms with Crippen molar-refractivity contribution in [2.75, 3.05) is 11.9 Å². The van der Waals surface area contributed by atoms with Crippen LogP contribution in [0.5, 0.6) is 0 Å². The third-order valence-electron chi connectivity index (χ3n) is 3.99. The molecule has 0 saturated heterocycles. The molecule has 1 aliphatic carbocycles. The zero-order valence-electron chi connectivity index (χ0n) is 11.7. The minimum atomic E-state index is -0.0352. The summed E-state index contributed by atoms with van der Waals surface area (Å²) in [6.45, 7) is 2.70. The molecule has 0 aliphatic heterocycles. The van der Waals surface area contributed by atoms with E-state index in [4.69, 9.17) is 23.2 Å². The number of benzene rings is 1. The van der Waals surface area contributed by atoms with E-state index in [-0.39, 0.29) is 5.91 Å². The van der Waals surface area contributed by atoms with E-state index < -0.39 is 0 Å². The maximum atomic E-state index is 12.0. The lowest BCUT2D eigenvalue weighted by Gasteiger charge is -2.26. The van der Waals surface area contributed by atoms with Gasteiger partial charge in [-0.2, -0.15) is 0 Å². The molecule has 1 fully saturated rings. The van der Waals surface area contributed by atoms with Crippen LogP contribution in [0.15, 0.2) is 18.2 Å². The van der Waals surface area contributed by atoms with Crippen LogP contribution in [-0.2, 0) is 4.79 Å². The molecule has 0 heterocycles. The molecule has 5 heteroatoms. The van der Waals surface area contributed by atoms with Gasteiger partial charge in [0.2, 0.25) is 0 Å². The van der Waals surface area contributed by atoms with Gasteiger partial charge in [0, 0.05) is 10.9 Å². The highest BCUT2D eigenvalue weighted by molar-refractivity contribution is 6.35. The van der Waals surface area contributed by atoms with Crippen LogP contribution in [0.3, 0.4) is 0 Å². The molecule has 0 unspecified atom stereocenters. The molecule has 3 N–H and O–H groups in total. The SMILES string of the molecule is C[C@H]1CCCC[C@@H]1[NH2+]CC(=O)Nc1cc(Cl)ccc1Cl. The molecule has 2 rings (SSSR count). The fourth-order valence-corrected chi connectivity index (χ4v) is 3.08. The normalized spacial score (nSPS) is 22.6. The van der Waals surface area contributed by atoms with Crippen LogP contribution in [-0.4, -0.2) is 18.5 Å². The molecule has 20 heavy (non-hydrogen) atoms. The Morgan fingerprint density at radius 2 is 2.10 bits per heavy atom. The molecular weight excluding hydrogens is 295 g/mol. The Hall–Kier alpha value is -0.770.